The van der Waals surface area contributed by atoms with E-state index in [1.54, 1.807) is 0 Å². The predicted octanol–water partition coefficient (Wildman–Crippen LogP) is 1.76. The zero-order chi connectivity index (χ0) is 13.3. The lowest BCUT2D eigenvalue weighted by Gasteiger charge is -2.39. The highest BCUT2D eigenvalue weighted by Gasteiger charge is 2.41. The van der Waals surface area contributed by atoms with E-state index >= 15 is 0 Å². The lowest BCUT2D eigenvalue weighted by atomic mass is 9.88. The molecule has 3 rings (SSSR count). The van der Waals surface area contributed by atoms with E-state index in [2.05, 4.69) is 5.32 Å². The zero-order valence-electron chi connectivity index (χ0n) is 11.6. The predicted molar refractivity (Wildman–Crippen MR) is 71.7 cm³/mol. The van der Waals surface area contributed by atoms with E-state index in [0.29, 0.717) is 0 Å². The van der Waals surface area contributed by atoms with Crippen molar-refractivity contribution < 1.29 is 14.6 Å². The lowest BCUT2D eigenvalue weighted by molar-refractivity contribution is -0.131. The summed E-state index contributed by atoms with van der Waals surface area (Å²) in [7, 11) is 0. The molecule has 0 aromatic heterocycles. The summed E-state index contributed by atoms with van der Waals surface area (Å²) < 4.78 is 5.98. The molecule has 0 aromatic carbocycles. The summed E-state index contributed by atoms with van der Waals surface area (Å²) in [5.74, 6) is -0.118. The molecular weight excluding hydrogens is 242 g/mol. The van der Waals surface area contributed by atoms with Crippen molar-refractivity contribution in [1.29, 1.82) is 0 Å². The fraction of sp³-hybridized carbons (Fsp3) is 0.933. The average molecular weight is 267 g/mol. The van der Waals surface area contributed by atoms with Crippen LogP contribution in [-0.4, -0.2) is 35.4 Å². The number of rotatable bonds is 2. The van der Waals surface area contributed by atoms with E-state index in [1.165, 1.54) is 12.8 Å². The van der Waals surface area contributed by atoms with Gasteiger partial charge in [0, 0.05) is 12.6 Å². The van der Waals surface area contributed by atoms with Gasteiger partial charge >= 0.3 is 0 Å². The average Bonchev–Trinajstić information content (AvgIpc) is 2.99. The fourth-order valence-corrected chi connectivity index (χ4v) is 4.07. The third kappa shape index (κ3) is 2.79. The second-order valence-corrected chi connectivity index (χ2v) is 6.54. The maximum absolute atomic E-state index is 12.2. The molecule has 0 aromatic rings. The van der Waals surface area contributed by atoms with E-state index in [9.17, 15) is 9.90 Å². The number of carbonyl (C=O) groups excluding carboxylic acids is 1. The van der Waals surface area contributed by atoms with Gasteiger partial charge in [-0.05, 0) is 44.9 Å². The van der Waals surface area contributed by atoms with Crippen LogP contribution in [0.3, 0.4) is 0 Å². The van der Waals surface area contributed by atoms with Gasteiger partial charge in [0.15, 0.2) is 0 Å². The lowest BCUT2D eigenvalue weighted by Crippen LogP contribution is -2.49. The minimum Gasteiger partial charge on any atom is -0.392 e. The summed E-state index contributed by atoms with van der Waals surface area (Å²) in [5, 5.41) is 13.0. The summed E-state index contributed by atoms with van der Waals surface area (Å²) in [6.45, 7) is 0.762. The van der Waals surface area contributed by atoms with Gasteiger partial charge in [-0.25, -0.2) is 0 Å². The Morgan fingerprint density at radius 3 is 2.63 bits per heavy atom. The molecule has 3 unspecified atom stereocenters. The first-order valence-corrected chi connectivity index (χ1v) is 7.81. The highest BCUT2D eigenvalue weighted by atomic mass is 16.5. The standard InChI is InChI=1S/C15H25NO3/c17-13-5-3-4-12(13)14(18)16-11-6-9-19-15(10-11)7-1-2-8-15/h11-13,17H,1-10H2,(H,16,18). The Morgan fingerprint density at radius 2 is 1.95 bits per heavy atom. The van der Waals surface area contributed by atoms with Crippen LogP contribution in [0.4, 0.5) is 0 Å². The second kappa shape index (κ2) is 5.41. The van der Waals surface area contributed by atoms with Gasteiger partial charge in [-0.2, -0.15) is 0 Å². The van der Waals surface area contributed by atoms with Crippen LogP contribution in [0.15, 0.2) is 0 Å². The summed E-state index contributed by atoms with van der Waals surface area (Å²) in [6, 6.07) is 0.243. The molecular formula is C15H25NO3. The molecule has 2 N–H and O–H groups in total. The number of ether oxygens (including phenoxy) is 1. The Balaban J connectivity index is 1.56. The molecule has 1 heterocycles. The van der Waals surface area contributed by atoms with Crippen LogP contribution in [0.5, 0.6) is 0 Å². The fourth-order valence-electron chi connectivity index (χ4n) is 4.07. The topological polar surface area (TPSA) is 58.6 Å². The van der Waals surface area contributed by atoms with Crippen LogP contribution in [-0.2, 0) is 9.53 Å². The van der Waals surface area contributed by atoms with Gasteiger partial charge in [-0.3, -0.25) is 4.79 Å². The summed E-state index contributed by atoms with van der Waals surface area (Å²) in [4.78, 5) is 12.2. The zero-order valence-corrected chi connectivity index (χ0v) is 11.6. The van der Waals surface area contributed by atoms with Gasteiger partial charge in [0.05, 0.1) is 17.6 Å². The van der Waals surface area contributed by atoms with Gasteiger partial charge in [0.2, 0.25) is 5.91 Å². The first-order chi connectivity index (χ1) is 9.19. The van der Waals surface area contributed by atoms with Gasteiger partial charge in [-0.1, -0.05) is 12.8 Å². The van der Waals surface area contributed by atoms with Crippen molar-refractivity contribution >= 4 is 5.91 Å². The number of hydrogen-bond donors (Lipinski definition) is 2. The van der Waals surface area contributed by atoms with Crippen LogP contribution in [0.2, 0.25) is 0 Å². The normalized spacial score (nSPS) is 37.6. The molecule has 4 heteroatoms. The molecule has 1 amide bonds. The Hall–Kier alpha value is -0.610. The number of aliphatic hydroxyl groups excluding tert-OH is 1. The number of amides is 1. The maximum Gasteiger partial charge on any atom is 0.225 e. The monoisotopic (exact) mass is 267 g/mol. The molecule has 1 aliphatic heterocycles. The van der Waals surface area contributed by atoms with Gasteiger partial charge in [0.25, 0.3) is 0 Å². The molecule has 19 heavy (non-hydrogen) atoms. The first kappa shape index (κ1) is 13.4. The van der Waals surface area contributed by atoms with E-state index in [0.717, 1.165) is 51.6 Å². The number of aliphatic hydroxyl groups is 1. The van der Waals surface area contributed by atoms with Crippen molar-refractivity contribution in [2.24, 2.45) is 5.92 Å². The summed E-state index contributed by atoms with van der Waals surface area (Å²) >= 11 is 0. The van der Waals surface area contributed by atoms with E-state index in [1.807, 2.05) is 0 Å². The highest BCUT2D eigenvalue weighted by molar-refractivity contribution is 5.79. The molecule has 0 radical (unpaired) electrons. The van der Waals surface area contributed by atoms with Crippen LogP contribution in [0.1, 0.15) is 57.8 Å². The number of nitrogens with one attached hydrogen (secondary N) is 1. The van der Waals surface area contributed by atoms with Crippen molar-refractivity contribution in [1.82, 2.24) is 5.32 Å². The molecule has 3 atom stereocenters. The van der Waals surface area contributed by atoms with Crippen molar-refractivity contribution in [3.63, 3.8) is 0 Å². The Kier molecular flexibility index (Phi) is 3.81. The van der Waals surface area contributed by atoms with Gasteiger partial charge in [0.1, 0.15) is 0 Å². The molecule has 3 aliphatic rings. The molecule has 2 aliphatic carbocycles. The summed E-state index contributed by atoms with van der Waals surface area (Å²) in [6.07, 6.45) is 8.81. The Labute approximate surface area is 114 Å². The quantitative estimate of drug-likeness (QED) is 0.801. The van der Waals surface area contributed by atoms with Gasteiger partial charge in [-0.15, -0.1) is 0 Å². The number of carbonyl (C=O) groups is 1. The minimum atomic E-state index is -0.430. The molecule has 4 nitrogen and oxygen atoms in total. The maximum atomic E-state index is 12.2. The molecule has 0 bridgehead atoms. The van der Waals surface area contributed by atoms with Gasteiger partial charge < -0.3 is 15.2 Å². The van der Waals surface area contributed by atoms with E-state index < -0.39 is 6.10 Å². The van der Waals surface area contributed by atoms with Crippen molar-refractivity contribution in [2.75, 3.05) is 6.61 Å². The molecule has 1 spiro atoms. The minimum absolute atomic E-state index is 0.0461. The highest BCUT2D eigenvalue weighted by Crippen LogP contribution is 2.40. The van der Waals surface area contributed by atoms with Crippen molar-refractivity contribution in [3.8, 4) is 0 Å². The largest absolute Gasteiger partial charge is 0.392 e. The third-order valence-corrected chi connectivity index (χ3v) is 5.17. The number of hydrogen-bond acceptors (Lipinski definition) is 3. The van der Waals surface area contributed by atoms with Crippen molar-refractivity contribution in [2.45, 2.75) is 75.5 Å². The molecule has 108 valence electrons. The molecule has 2 saturated carbocycles. The third-order valence-electron chi connectivity index (χ3n) is 5.17. The smallest absolute Gasteiger partial charge is 0.225 e. The first-order valence-electron chi connectivity index (χ1n) is 7.81. The van der Waals surface area contributed by atoms with Crippen LogP contribution < -0.4 is 5.32 Å². The SMILES string of the molecule is O=C(NC1CCOC2(CCCC2)C1)C1CCCC1O. The molecule has 3 fully saturated rings. The Morgan fingerprint density at radius 1 is 1.16 bits per heavy atom. The van der Waals surface area contributed by atoms with E-state index in [4.69, 9.17) is 4.74 Å². The van der Waals surface area contributed by atoms with Crippen LogP contribution in [0.25, 0.3) is 0 Å². The van der Waals surface area contributed by atoms with Crippen LogP contribution >= 0.6 is 0 Å². The Bertz CT molecular complexity index is 338. The van der Waals surface area contributed by atoms with Crippen LogP contribution in [0, 0.1) is 5.92 Å². The molecule has 1 saturated heterocycles. The second-order valence-electron chi connectivity index (χ2n) is 6.54. The van der Waals surface area contributed by atoms with E-state index in [-0.39, 0.29) is 23.5 Å². The van der Waals surface area contributed by atoms with Crippen molar-refractivity contribution in [3.05, 3.63) is 0 Å². The summed E-state index contributed by atoms with van der Waals surface area (Å²) in [5.41, 5.74) is 0.0461.